The van der Waals surface area contributed by atoms with E-state index in [1.54, 1.807) is 0 Å². The Hall–Kier alpha value is -0.770. The van der Waals surface area contributed by atoms with Crippen LogP contribution in [0.5, 0.6) is 0 Å². The largest absolute Gasteiger partial charge is 0.396 e. The molecule has 0 amide bonds. The van der Waals surface area contributed by atoms with Crippen LogP contribution in [0.2, 0.25) is 5.02 Å². The Morgan fingerprint density at radius 1 is 1.42 bits per heavy atom. The van der Waals surface area contributed by atoms with Gasteiger partial charge >= 0.3 is 0 Å². The topological polar surface area (TPSA) is 35.5 Å². The van der Waals surface area contributed by atoms with Gasteiger partial charge in [-0.05, 0) is 50.4 Å². The van der Waals surface area contributed by atoms with E-state index < -0.39 is 0 Å². The molecule has 2 rings (SSSR count). The van der Waals surface area contributed by atoms with E-state index in [9.17, 15) is 0 Å². The van der Waals surface area contributed by atoms with E-state index in [1.165, 1.54) is 5.69 Å². The van der Waals surface area contributed by atoms with Gasteiger partial charge in [0.1, 0.15) is 0 Å². The van der Waals surface area contributed by atoms with Crippen molar-refractivity contribution in [2.75, 3.05) is 31.6 Å². The Morgan fingerprint density at radius 3 is 2.63 bits per heavy atom. The average molecular weight is 283 g/mol. The summed E-state index contributed by atoms with van der Waals surface area (Å²) < 4.78 is 0. The summed E-state index contributed by atoms with van der Waals surface area (Å²) in [5.74, 6) is 0.468. The Labute approximate surface area is 120 Å². The van der Waals surface area contributed by atoms with Crippen molar-refractivity contribution in [2.24, 2.45) is 5.92 Å². The van der Waals surface area contributed by atoms with Crippen LogP contribution in [0.3, 0.4) is 0 Å². The van der Waals surface area contributed by atoms with E-state index >= 15 is 0 Å². The molecule has 0 aromatic heterocycles. The number of piperidine rings is 1. The zero-order chi connectivity index (χ0) is 13.8. The number of nitrogens with zero attached hydrogens (tertiary/aromatic N) is 1. The number of halogens is 1. The number of hydrogen-bond acceptors (Lipinski definition) is 3. The fourth-order valence-corrected chi connectivity index (χ4v) is 2.93. The van der Waals surface area contributed by atoms with Gasteiger partial charge in [-0.1, -0.05) is 17.7 Å². The molecule has 1 aliphatic heterocycles. The first kappa shape index (κ1) is 14.6. The second-order valence-corrected chi connectivity index (χ2v) is 5.74. The number of benzene rings is 1. The maximum Gasteiger partial charge on any atom is 0.0474 e. The third-order valence-electron chi connectivity index (χ3n) is 4.12. The highest BCUT2D eigenvalue weighted by molar-refractivity contribution is 6.31. The Balaban J connectivity index is 2.08. The molecule has 1 atom stereocenters. The van der Waals surface area contributed by atoms with Gasteiger partial charge in [0.2, 0.25) is 0 Å². The van der Waals surface area contributed by atoms with Gasteiger partial charge in [-0.2, -0.15) is 0 Å². The number of rotatable bonds is 4. The van der Waals surface area contributed by atoms with Gasteiger partial charge in [0.25, 0.3) is 0 Å². The molecule has 1 heterocycles. The molecule has 0 saturated carbocycles. The van der Waals surface area contributed by atoms with Crippen molar-refractivity contribution in [3.63, 3.8) is 0 Å². The predicted molar refractivity (Wildman–Crippen MR) is 80.9 cm³/mol. The van der Waals surface area contributed by atoms with Gasteiger partial charge < -0.3 is 15.3 Å². The van der Waals surface area contributed by atoms with Crippen LogP contribution in [0.4, 0.5) is 5.69 Å². The number of nitrogens with one attached hydrogen (secondary N) is 1. The van der Waals surface area contributed by atoms with Crippen molar-refractivity contribution in [1.29, 1.82) is 0 Å². The molecule has 1 fully saturated rings. The lowest BCUT2D eigenvalue weighted by molar-refractivity contribution is 0.203. The molecule has 1 aromatic rings. The zero-order valence-corrected chi connectivity index (χ0v) is 12.5. The molecular weight excluding hydrogens is 260 g/mol. The molecule has 3 nitrogen and oxygen atoms in total. The SMILES string of the molecule is CNC(C)c1ccc(N2CCC(CO)CC2)cc1Cl. The number of aliphatic hydroxyl groups is 1. The first-order valence-electron chi connectivity index (χ1n) is 6.98. The molecule has 0 spiro atoms. The van der Waals surface area contributed by atoms with Gasteiger partial charge in [-0.25, -0.2) is 0 Å². The standard InChI is InChI=1S/C15H23ClN2O/c1-11(17-2)14-4-3-13(9-15(14)16)18-7-5-12(10-19)6-8-18/h3-4,9,11-12,17,19H,5-8,10H2,1-2H3. The van der Waals surface area contributed by atoms with Crippen molar-refractivity contribution >= 4 is 17.3 Å². The Morgan fingerprint density at radius 2 is 2.11 bits per heavy atom. The fraction of sp³-hybridized carbons (Fsp3) is 0.600. The van der Waals surface area contributed by atoms with Crippen LogP contribution in [0.25, 0.3) is 0 Å². The molecule has 0 bridgehead atoms. The normalized spacial score (nSPS) is 18.6. The summed E-state index contributed by atoms with van der Waals surface area (Å²) in [6.07, 6.45) is 2.12. The summed E-state index contributed by atoms with van der Waals surface area (Å²) in [6, 6.07) is 6.58. The minimum atomic E-state index is 0.265. The fourth-order valence-electron chi connectivity index (χ4n) is 2.59. The molecule has 1 saturated heterocycles. The summed E-state index contributed by atoms with van der Waals surface area (Å²) >= 11 is 6.37. The monoisotopic (exact) mass is 282 g/mol. The second-order valence-electron chi connectivity index (χ2n) is 5.33. The molecule has 106 valence electrons. The smallest absolute Gasteiger partial charge is 0.0474 e. The lowest BCUT2D eigenvalue weighted by Crippen LogP contribution is -2.34. The van der Waals surface area contributed by atoms with Crippen LogP contribution in [0.1, 0.15) is 31.4 Å². The summed E-state index contributed by atoms with van der Waals surface area (Å²) in [4.78, 5) is 2.35. The van der Waals surface area contributed by atoms with Gasteiger partial charge in [0.15, 0.2) is 0 Å². The Bertz CT molecular complexity index is 417. The minimum absolute atomic E-state index is 0.265. The highest BCUT2D eigenvalue weighted by Gasteiger charge is 2.19. The molecule has 0 aliphatic carbocycles. The zero-order valence-electron chi connectivity index (χ0n) is 11.7. The summed E-state index contributed by atoms with van der Waals surface area (Å²) in [6.45, 7) is 4.42. The van der Waals surface area contributed by atoms with Crippen LogP contribution in [-0.4, -0.2) is 31.9 Å². The summed E-state index contributed by atoms with van der Waals surface area (Å²) in [7, 11) is 1.94. The molecule has 0 radical (unpaired) electrons. The average Bonchev–Trinajstić information content (AvgIpc) is 2.46. The molecule has 1 unspecified atom stereocenters. The summed E-state index contributed by atoms with van der Waals surface area (Å²) in [5.41, 5.74) is 2.33. The second kappa shape index (κ2) is 6.60. The lowest BCUT2D eigenvalue weighted by Gasteiger charge is -2.33. The van der Waals surface area contributed by atoms with E-state index in [4.69, 9.17) is 16.7 Å². The van der Waals surface area contributed by atoms with Gasteiger partial charge in [-0.3, -0.25) is 0 Å². The van der Waals surface area contributed by atoms with E-state index in [0.29, 0.717) is 12.5 Å². The van der Waals surface area contributed by atoms with Crippen LogP contribution in [0, 0.1) is 5.92 Å². The summed E-state index contributed by atoms with van der Waals surface area (Å²) in [5, 5.41) is 13.2. The van der Waals surface area contributed by atoms with Crippen LogP contribution >= 0.6 is 11.6 Å². The molecule has 19 heavy (non-hydrogen) atoms. The number of aliphatic hydroxyl groups excluding tert-OH is 1. The molecule has 1 aromatic carbocycles. The van der Waals surface area contributed by atoms with Gasteiger partial charge in [-0.15, -0.1) is 0 Å². The van der Waals surface area contributed by atoms with Crippen LogP contribution < -0.4 is 10.2 Å². The quantitative estimate of drug-likeness (QED) is 0.891. The van der Waals surface area contributed by atoms with E-state index in [0.717, 1.165) is 36.5 Å². The first-order valence-corrected chi connectivity index (χ1v) is 7.36. The lowest BCUT2D eigenvalue weighted by atomic mass is 9.97. The molecule has 1 aliphatic rings. The van der Waals surface area contributed by atoms with Crippen molar-refractivity contribution in [3.8, 4) is 0 Å². The maximum absolute atomic E-state index is 9.17. The number of hydrogen-bond donors (Lipinski definition) is 2. The van der Waals surface area contributed by atoms with Crippen molar-refractivity contribution in [2.45, 2.75) is 25.8 Å². The van der Waals surface area contributed by atoms with Crippen LogP contribution in [0.15, 0.2) is 18.2 Å². The van der Waals surface area contributed by atoms with Crippen molar-refractivity contribution in [1.82, 2.24) is 5.32 Å². The number of anilines is 1. The van der Waals surface area contributed by atoms with Gasteiger partial charge in [0, 0.05) is 36.4 Å². The highest BCUT2D eigenvalue weighted by Crippen LogP contribution is 2.30. The van der Waals surface area contributed by atoms with Gasteiger partial charge in [0.05, 0.1) is 0 Å². The van der Waals surface area contributed by atoms with Crippen molar-refractivity contribution in [3.05, 3.63) is 28.8 Å². The van der Waals surface area contributed by atoms with E-state index in [1.807, 2.05) is 7.05 Å². The first-order chi connectivity index (χ1) is 9.15. The molecule has 4 heteroatoms. The Kier molecular flexibility index (Phi) is 5.08. The third kappa shape index (κ3) is 3.41. The third-order valence-corrected chi connectivity index (χ3v) is 4.45. The predicted octanol–water partition coefficient (Wildman–Crippen LogP) is 2.83. The van der Waals surface area contributed by atoms with E-state index in [2.05, 4.69) is 35.3 Å². The molecule has 2 N–H and O–H groups in total. The van der Waals surface area contributed by atoms with E-state index in [-0.39, 0.29) is 6.04 Å². The molecular formula is C15H23ClN2O. The van der Waals surface area contributed by atoms with Crippen LogP contribution in [-0.2, 0) is 0 Å². The van der Waals surface area contributed by atoms with Crippen molar-refractivity contribution < 1.29 is 5.11 Å². The maximum atomic E-state index is 9.17. The minimum Gasteiger partial charge on any atom is -0.396 e. The highest BCUT2D eigenvalue weighted by atomic mass is 35.5.